The lowest BCUT2D eigenvalue weighted by molar-refractivity contribution is 0.271. The maximum Gasteiger partial charge on any atom is 0.277 e. The molecule has 0 unspecified atom stereocenters. The minimum atomic E-state index is -0.191. The van der Waals surface area contributed by atoms with Gasteiger partial charge in [0, 0.05) is 6.04 Å². The summed E-state index contributed by atoms with van der Waals surface area (Å²) in [6.07, 6.45) is 1.53. The van der Waals surface area contributed by atoms with Crippen LogP contribution in [0.15, 0.2) is 35.3 Å². The molecule has 19 heavy (non-hydrogen) atoms. The summed E-state index contributed by atoms with van der Waals surface area (Å²) in [7, 11) is 0. The number of aliphatic hydroxyl groups excluding tert-OH is 1. The van der Waals surface area contributed by atoms with Crippen LogP contribution in [0.2, 0.25) is 0 Å². The SMILES string of the molecule is CC(C)n1c(=O)c2cnc(CO)n2c2ccccc21. The molecule has 1 N–H and O–H groups in total. The molecule has 5 nitrogen and oxygen atoms in total. The van der Waals surface area contributed by atoms with E-state index >= 15 is 0 Å². The molecule has 0 aliphatic rings. The summed E-state index contributed by atoms with van der Waals surface area (Å²) in [5.74, 6) is 0.485. The van der Waals surface area contributed by atoms with E-state index in [2.05, 4.69) is 4.98 Å². The topological polar surface area (TPSA) is 59.5 Å². The minimum absolute atomic E-state index is 0.0647. The molecule has 2 aromatic heterocycles. The molecule has 0 atom stereocenters. The number of hydrogen-bond donors (Lipinski definition) is 1. The molecular weight excluding hydrogens is 242 g/mol. The first kappa shape index (κ1) is 11.9. The van der Waals surface area contributed by atoms with Crippen molar-refractivity contribution in [2.75, 3.05) is 0 Å². The van der Waals surface area contributed by atoms with Gasteiger partial charge in [-0.1, -0.05) is 12.1 Å². The van der Waals surface area contributed by atoms with Gasteiger partial charge >= 0.3 is 0 Å². The third kappa shape index (κ3) is 1.58. The Morgan fingerprint density at radius 1 is 1.21 bits per heavy atom. The molecule has 0 fully saturated rings. The lowest BCUT2D eigenvalue weighted by Gasteiger charge is -2.15. The number of imidazole rings is 1. The molecule has 0 amide bonds. The molecule has 98 valence electrons. The third-order valence-electron chi connectivity index (χ3n) is 3.31. The zero-order valence-corrected chi connectivity index (χ0v) is 10.9. The summed E-state index contributed by atoms with van der Waals surface area (Å²) < 4.78 is 3.49. The molecule has 0 aliphatic heterocycles. The second-order valence-electron chi connectivity index (χ2n) is 4.81. The van der Waals surface area contributed by atoms with Gasteiger partial charge in [0.05, 0.1) is 17.2 Å². The Kier molecular flexibility index (Phi) is 2.64. The zero-order chi connectivity index (χ0) is 13.6. The first-order valence-electron chi connectivity index (χ1n) is 6.25. The molecule has 3 aromatic rings. The van der Waals surface area contributed by atoms with Crippen LogP contribution in [-0.2, 0) is 6.61 Å². The van der Waals surface area contributed by atoms with Crippen LogP contribution < -0.4 is 5.56 Å². The van der Waals surface area contributed by atoms with Gasteiger partial charge in [0.15, 0.2) is 0 Å². The number of benzene rings is 1. The average molecular weight is 257 g/mol. The van der Waals surface area contributed by atoms with Crippen molar-refractivity contribution in [2.45, 2.75) is 26.5 Å². The first-order chi connectivity index (χ1) is 9.15. The predicted octanol–water partition coefficient (Wildman–Crippen LogP) is 1.72. The van der Waals surface area contributed by atoms with Crippen LogP contribution in [0, 0.1) is 0 Å². The second-order valence-corrected chi connectivity index (χ2v) is 4.81. The van der Waals surface area contributed by atoms with Crippen LogP contribution in [0.25, 0.3) is 16.6 Å². The Morgan fingerprint density at radius 3 is 2.53 bits per heavy atom. The van der Waals surface area contributed by atoms with Gasteiger partial charge in [-0.15, -0.1) is 0 Å². The van der Waals surface area contributed by atoms with E-state index in [4.69, 9.17) is 0 Å². The summed E-state index contributed by atoms with van der Waals surface area (Å²) in [5, 5.41) is 9.36. The average Bonchev–Trinajstić information content (AvgIpc) is 2.83. The van der Waals surface area contributed by atoms with Crippen LogP contribution in [-0.4, -0.2) is 19.1 Å². The summed E-state index contributed by atoms with van der Waals surface area (Å²) in [5.41, 5.74) is 2.15. The minimum Gasteiger partial charge on any atom is -0.388 e. The highest BCUT2D eigenvalue weighted by atomic mass is 16.3. The fourth-order valence-electron chi connectivity index (χ4n) is 2.52. The number of fused-ring (bicyclic) bond motifs is 3. The van der Waals surface area contributed by atoms with Crippen molar-refractivity contribution >= 4 is 16.6 Å². The summed E-state index contributed by atoms with van der Waals surface area (Å²) in [4.78, 5) is 16.7. The fourth-order valence-corrected chi connectivity index (χ4v) is 2.52. The highest BCUT2D eigenvalue weighted by molar-refractivity contribution is 5.79. The van der Waals surface area contributed by atoms with Crippen molar-refractivity contribution in [2.24, 2.45) is 0 Å². The lowest BCUT2D eigenvalue weighted by atomic mass is 10.2. The lowest BCUT2D eigenvalue weighted by Crippen LogP contribution is -2.24. The van der Waals surface area contributed by atoms with Gasteiger partial charge in [-0.05, 0) is 26.0 Å². The largest absolute Gasteiger partial charge is 0.388 e. The van der Waals surface area contributed by atoms with E-state index < -0.39 is 0 Å². The van der Waals surface area contributed by atoms with Crippen LogP contribution in [0.3, 0.4) is 0 Å². The molecule has 0 spiro atoms. The van der Waals surface area contributed by atoms with Gasteiger partial charge in [0.25, 0.3) is 5.56 Å². The van der Waals surface area contributed by atoms with Gasteiger partial charge in [0.2, 0.25) is 0 Å². The van der Waals surface area contributed by atoms with E-state index in [1.54, 1.807) is 8.97 Å². The third-order valence-corrected chi connectivity index (χ3v) is 3.31. The molecule has 0 bridgehead atoms. The van der Waals surface area contributed by atoms with Crippen LogP contribution in [0.1, 0.15) is 25.7 Å². The number of aromatic nitrogens is 3. The molecule has 1 aromatic carbocycles. The van der Waals surface area contributed by atoms with Gasteiger partial charge in [-0.25, -0.2) is 4.98 Å². The van der Waals surface area contributed by atoms with Gasteiger partial charge in [-0.2, -0.15) is 0 Å². The maximum atomic E-state index is 12.5. The number of nitrogens with zero attached hydrogens (tertiary/aromatic N) is 3. The molecule has 0 radical (unpaired) electrons. The summed E-state index contributed by atoms with van der Waals surface area (Å²) in [6, 6.07) is 7.73. The Bertz CT molecular complexity index is 815. The first-order valence-corrected chi connectivity index (χ1v) is 6.25. The Morgan fingerprint density at radius 2 is 1.89 bits per heavy atom. The molecule has 0 saturated carbocycles. The van der Waals surface area contributed by atoms with Gasteiger partial charge < -0.3 is 9.67 Å². The van der Waals surface area contributed by atoms with Crippen molar-refractivity contribution in [1.29, 1.82) is 0 Å². The number of rotatable bonds is 2. The Balaban J connectivity index is 2.64. The van der Waals surface area contributed by atoms with Gasteiger partial charge in [0.1, 0.15) is 17.9 Å². The maximum absolute atomic E-state index is 12.5. The Labute approximate surface area is 109 Å². The van der Waals surface area contributed by atoms with E-state index in [-0.39, 0.29) is 18.2 Å². The molecule has 5 heteroatoms. The molecular formula is C14H15N3O2. The number of para-hydroxylation sites is 2. The van der Waals surface area contributed by atoms with E-state index in [9.17, 15) is 9.90 Å². The van der Waals surface area contributed by atoms with Crippen molar-refractivity contribution < 1.29 is 5.11 Å². The van der Waals surface area contributed by atoms with Gasteiger partial charge in [-0.3, -0.25) is 9.20 Å². The van der Waals surface area contributed by atoms with Crippen molar-refractivity contribution in [3.8, 4) is 0 Å². The number of hydrogen-bond acceptors (Lipinski definition) is 3. The number of aliphatic hydroxyl groups is 1. The highest BCUT2D eigenvalue weighted by Crippen LogP contribution is 2.19. The normalized spacial score (nSPS) is 11.8. The predicted molar refractivity (Wildman–Crippen MR) is 73.3 cm³/mol. The molecule has 0 saturated heterocycles. The summed E-state index contributed by atoms with van der Waals surface area (Å²) in [6.45, 7) is 3.77. The van der Waals surface area contributed by atoms with Crippen LogP contribution >= 0.6 is 0 Å². The van der Waals surface area contributed by atoms with Crippen LogP contribution in [0.4, 0.5) is 0 Å². The zero-order valence-electron chi connectivity index (χ0n) is 10.9. The standard InChI is InChI=1S/C14H15N3O2/c1-9(2)16-10-5-3-4-6-11(10)17-12(14(16)19)7-15-13(17)8-18/h3-7,9,18H,8H2,1-2H3. The van der Waals surface area contributed by atoms with Crippen molar-refractivity contribution in [1.82, 2.24) is 14.0 Å². The summed E-state index contributed by atoms with van der Waals surface area (Å²) >= 11 is 0. The van der Waals surface area contributed by atoms with E-state index in [0.29, 0.717) is 11.3 Å². The highest BCUT2D eigenvalue weighted by Gasteiger charge is 2.15. The Hall–Kier alpha value is -2.14. The monoisotopic (exact) mass is 257 g/mol. The second kappa shape index (κ2) is 4.20. The van der Waals surface area contributed by atoms with Crippen molar-refractivity contribution in [3.63, 3.8) is 0 Å². The molecule has 2 heterocycles. The quantitative estimate of drug-likeness (QED) is 0.760. The van der Waals surface area contributed by atoms with Crippen molar-refractivity contribution in [3.05, 3.63) is 46.6 Å². The van der Waals surface area contributed by atoms with E-state index in [0.717, 1.165) is 11.0 Å². The van der Waals surface area contributed by atoms with E-state index in [1.165, 1.54) is 6.20 Å². The smallest absolute Gasteiger partial charge is 0.277 e. The van der Waals surface area contributed by atoms with Crippen LogP contribution in [0.5, 0.6) is 0 Å². The fraction of sp³-hybridized carbons (Fsp3) is 0.286. The molecule has 3 rings (SSSR count). The molecule has 0 aliphatic carbocycles. The van der Waals surface area contributed by atoms with E-state index in [1.807, 2.05) is 38.1 Å².